The van der Waals surface area contributed by atoms with Crippen LogP contribution in [-0.2, 0) is 14.3 Å². The van der Waals surface area contributed by atoms with Gasteiger partial charge in [-0.25, -0.2) is 9.59 Å². The van der Waals surface area contributed by atoms with Crippen LogP contribution in [0.2, 0.25) is 0 Å². The molecule has 2 aromatic rings. The molecule has 3 N–H and O–H groups in total. The van der Waals surface area contributed by atoms with Gasteiger partial charge in [-0.1, -0.05) is 0 Å². The van der Waals surface area contributed by atoms with Gasteiger partial charge in [-0.05, 0) is 55.5 Å². The first-order valence-corrected chi connectivity index (χ1v) is 7.59. The van der Waals surface area contributed by atoms with Crippen LogP contribution in [0.25, 0.3) is 0 Å². The van der Waals surface area contributed by atoms with Crippen LogP contribution in [0.3, 0.4) is 0 Å². The number of esters is 2. The van der Waals surface area contributed by atoms with Gasteiger partial charge >= 0.3 is 11.9 Å². The van der Waals surface area contributed by atoms with Crippen LogP contribution in [-0.4, -0.2) is 31.1 Å². The van der Waals surface area contributed by atoms with E-state index in [2.05, 4.69) is 5.32 Å². The molecule has 0 unspecified atom stereocenters. The smallest absolute Gasteiger partial charge is 0.338 e. The van der Waals surface area contributed by atoms with Gasteiger partial charge in [0.1, 0.15) is 0 Å². The summed E-state index contributed by atoms with van der Waals surface area (Å²) in [6, 6.07) is 12.4. The molecule has 0 saturated carbocycles. The molecule has 0 saturated heterocycles. The van der Waals surface area contributed by atoms with Gasteiger partial charge < -0.3 is 20.5 Å². The molecule has 0 heterocycles. The van der Waals surface area contributed by atoms with Crippen molar-refractivity contribution in [3.8, 4) is 0 Å². The third kappa shape index (κ3) is 5.35. The largest absolute Gasteiger partial charge is 0.462 e. The average Bonchev–Trinajstić information content (AvgIpc) is 2.61. The first kappa shape index (κ1) is 18.0. The number of ether oxygens (including phenoxy) is 2. The zero-order valence-corrected chi connectivity index (χ0v) is 13.7. The van der Waals surface area contributed by atoms with E-state index in [0.29, 0.717) is 22.5 Å². The van der Waals surface area contributed by atoms with Crippen molar-refractivity contribution in [3.05, 3.63) is 59.7 Å². The maximum Gasteiger partial charge on any atom is 0.338 e. The van der Waals surface area contributed by atoms with E-state index in [9.17, 15) is 14.4 Å². The van der Waals surface area contributed by atoms with Crippen LogP contribution in [0.1, 0.15) is 27.6 Å². The summed E-state index contributed by atoms with van der Waals surface area (Å²) >= 11 is 0. The Bertz CT molecular complexity index is 754. The second-order valence-corrected chi connectivity index (χ2v) is 5.04. The van der Waals surface area contributed by atoms with E-state index < -0.39 is 24.5 Å². The minimum atomic E-state index is -0.618. The van der Waals surface area contributed by atoms with E-state index in [4.69, 9.17) is 15.2 Å². The van der Waals surface area contributed by atoms with E-state index in [1.54, 1.807) is 31.2 Å². The Morgan fingerprint density at radius 2 is 1.40 bits per heavy atom. The second kappa shape index (κ2) is 8.49. The summed E-state index contributed by atoms with van der Waals surface area (Å²) < 4.78 is 9.80. The predicted molar refractivity (Wildman–Crippen MR) is 92.2 cm³/mol. The van der Waals surface area contributed by atoms with Gasteiger partial charge in [0.05, 0.1) is 17.7 Å². The molecule has 1 amide bonds. The zero-order chi connectivity index (χ0) is 18.2. The Kier molecular flexibility index (Phi) is 6.11. The van der Waals surface area contributed by atoms with Crippen molar-refractivity contribution in [3.63, 3.8) is 0 Å². The van der Waals surface area contributed by atoms with E-state index >= 15 is 0 Å². The molecule has 2 aromatic carbocycles. The van der Waals surface area contributed by atoms with Crippen LogP contribution in [0, 0.1) is 0 Å². The number of carbonyl (C=O) groups is 3. The number of rotatable bonds is 6. The Morgan fingerprint density at radius 3 is 1.96 bits per heavy atom. The molecule has 0 aliphatic carbocycles. The highest BCUT2D eigenvalue weighted by Crippen LogP contribution is 2.11. The molecule has 0 spiro atoms. The van der Waals surface area contributed by atoms with Crippen LogP contribution in [0.5, 0.6) is 0 Å². The Hall–Kier alpha value is -3.35. The van der Waals surface area contributed by atoms with Crippen LogP contribution in [0.15, 0.2) is 48.5 Å². The summed E-state index contributed by atoms with van der Waals surface area (Å²) in [5.74, 6) is -1.54. The lowest BCUT2D eigenvalue weighted by Gasteiger charge is -2.07. The molecule has 130 valence electrons. The lowest BCUT2D eigenvalue weighted by molar-refractivity contribution is -0.119. The number of nitrogens with two attached hydrogens (primary N) is 1. The minimum absolute atomic E-state index is 0.288. The lowest BCUT2D eigenvalue weighted by Crippen LogP contribution is -2.21. The van der Waals surface area contributed by atoms with Crippen molar-refractivity contribution < 1.29 is 23.9 Å². The maximum atomic E-state index is 11.8. The summed E-state index contributed by atoms with van der Waals surface area (Å²) in [5.41, 5.74) is 7.23. The molecule has 0 radical (unpaired) electrons. The zero-order valence-electron chi connectivity index (χ0n) is 13.7. The van der Waals surface area contributed by atoms with E-state index in [0.717, 1.165) is 0 Å². The van der Waals surface area contributed by atoms with Crippen molar-refractivity contribution in [1.29, 1.82) is 0 Å². The number of benzene rings is 2. The van der Waals surface area contributed by atoms with Crippen molar-refractivity contribution in [1.82, 2.24) is 0 Å². The Morgan fingerprint density at radius 1 is 0.880 bits per heavy atom. The molecule has 0 aliphatic heterocycles. The first-order chi connectivity index (χ1) is 12.0. The summed E-state index contributed by atoms with van der Waals surface area (Å²) in [6.45, 7) is 1.58. The molecule has 25 heavy (non-hydrogen) atoms. The summed E-state index contributed by atoms with van der Waals surface area (Å²) in [6.07, 6.45) is 0. The van der Waals surface area contributed by atoms with Crippen LogP contribution in [0.4, 0.5) is 11.4 Å². The number of nitrogen functional groups attached to an aromatic ring is 1. The average molecular weight is 342 g/mol. The van der Waals surface area contributed by atoms with Crippen molar-refractivity contribution >= 4 is 29.2 Å². The Labute approximate surface area is 144 Å². The van der Waals surface area contributed by atoms with Crippen molar-refractivity contribution in [2.24, 2.45) is 0 Å². The number of anilines is 2. The van der Waals surface area contributed by atoms with Crippen LogP contribution >= 0.6 is 0 Å². The Balaban J connectivity index is 1.84. The summed E-state index contributed by atoms with van der Waals surface area (Å²) in [4.78, 5) is 35.2. The molecule has 7 nitrogen and oxygen atoms in total. The van der Waals surface area contributed by atoms with Crippen LogP contribution < -0.4 is 11.1 Å². The van der Waals surface area contributed by atoms with Gasteiger partial charge in [-0.2, -0.15) is 0 Å². The molecule has 0 atom stereocenters. The maximum absolute atomic E-state index is 11.8. The third-order valence-corrected chi connectivity index (χ3v) is 3.16. The van der Waals surface area contributed by atoms with Gasteiger partial charge in [0.15, 0.2) is 6.61 Å². The fourth-order valence-corrected chi connectivity index (χ4v) is 1.93. The van der Waals surface area contributed by atoms with Crippen molar-refractivity contribution in [2.45, 2.75) is 6.92 Å². The highest BCUT2D eigenvalue weighted by Gasteiger charge is 2.11. The van der Waals surface area contributed by atoms with E-state index in [1.165, 1.54) is 24.3 Å². The SMILES string of the molecule is CCOC(=O)c1ccc(NC(=O)COC(=O)c2ccc(N)cc2)cc1. The molecule has 0 bridgehead atoms. The summed E-state index contributed by atoms with van der Waals surface area (Å²) in [7, 11) is 0. The molecule has 2 rings (SSSR count). The summed E-state index contributed by atoms with van der Waals surface area (Å²) in [5, 5.41) is 2.57. The van der Waals surface area contributed by atoms with E-state index in [1.807, 2.05) is 0 Å². The van der Waals surface area contributed by atoms with Gasteiger partial charge in [-0.15, -0.1) is 0 Å². The number of hydrogen-bond acceptors (Lipinski definition) is 6. The highest BCUT2D eigenvalue weighted by atomic mass is 16.5. The standard InChI is InChI=1S/C18H18N2O5/c1-2-24-17(22)13-5-9-15(10-6-13)20-16(21)11-25-18(23)12-3-7-14(19)8-4-12/h3-10H,2,11,19H2,1H3,(H,20,21). The fourth-order valence-electron chi connectivity index (χ4n) is 1.93. The fraction of sp³-hybridized carbons (Fsp3) is 0.167. The van der Waals surface area contributed by atoms with Gasteiger partial charge in [0.25, 0.3) is 5.91 Å². The minimum Gasteiger partial charge on any atom is -0.462 e. The lowest BCUT2D eigenvalue weighted by atomic mass is 10.2. The number of nitrogens with one attached hydrogen (secondary N) is 1. The number of carbonyl (C=O) groups excluding carboxylic acids is 3. The quantitative estimate of drug-likeness (QED) is 0.616. The molecular formula is C18H18N2O5. The van der Waals surface area contributed by atoms with Gasteiger partial charge in [0.2, 0.25) is 0 Å². The molecule has 0 aliphatic rings. The normalized spacial score (nSPS) is 9.96. The predicted octanol–water partition coefficient (Wildman–Crippen LogP) is 2.24. The topological polar surface area (TPSA) is 108 Å². The van der Waals surface area contributed by atoms with E-state index in [-0.39, 0.29) is 6.61 Å². The van der Waals surface area contributed by atoms with Gasteiger partial charge in [0, 0.05) is 11.4 Å². The monoisotopic (exact) mass is 342 g/mol. The van der Waals surface area contributed by atoms with Crippen molar-refractivity contribution in [2.75, 3.05) is 24.3 Å². The van der Waals surface area contributed by atoms with Gasteiger partial charge in [-0.3, -0.25) is 4.79 Å². The molecule has 0 aromatic heterocycles. The highest BCUT2D eigenvalue weighted by molar-refractivity contribution is 5.96. The molecule has 7 heteroatoms. The second-order valence-electron chi connectivity index (χ2n) is 5.04. The number of hydrogen-bond donors (Lipinski definition) is 2. The number of amides is 1. The third-order valence-electron chi connectivity index (χ3n) is 3.16. The molecular weight excluding hydrogens is 324 g/mol. The first-order valence-electron chi connectivity index (χ1n) is 7.59. The molecule has 0 fully saturated rings.